The van der Waals surface area contributed by atoms with Crippen molar-refractivity contribution in [1.82, 2.24) is 14.5 Å². The lowest BCUT2D eigenvalue weighted by molar-refractivity contribution is 0.0670. The van der Waals surface area contributed by atoms with E-state index in [1.165, 1.54) is 28.5 Å². The van der Waals surface area contributed by atoms with Gasteiger partial charge in [-0.05, 0) is 49.7 Å². The zero-order valence-electron chi connectivity index (χ0n) is 14.9. The summed E-state index contributed by atoms with van der Waals surface area (Å²) in [6.07, 6.45) is 3.76. The molecule has 26 heavy (non-hydrogen) atoms. The Balaban J connectivity index is 1.57. The van der Waals surface area contributed by atoms with Gasteiger partial charge in [-0.1, -0.05) is 24.3 Å². The van der Waals surface area contributed by atoms with Crippen molar-refractivity contribution < 1.29 is 4.74 Å². The molecule has 7 heteroatoms. The summed E-state index contributed by atoms with van der Waals surface area (Å²) in [5, 5.41) is 3.19. The number of ether oxygens (including phenoxy) is 1. The Hall–Kier alpha value is -2.41. The van der Waals surface area contributed by atoms with Crippen molar-refractivity contribution in [3.05, 3.63) is 56.4 Å². The van der Waals surface area contributed by atoms with Gasteiger partial charge in [0.2, 0.25) is 5.95 Å². The van der Waals surface area contributed by atoms with E-state index in [4.69, 9.17) is 4.74 Å². The summed E-state index contributed by atoms with van der Waals surface area (Å²) in [6, 6.07) is 8.12. The molecule has 4 rings (SSSR count). The van der Waals surface area contributed by atoms with Crippen LogP contribution in [0.15, 0.2) is 33.9 Å². The van der Waals surface area contributed by atoms with Crippen LogP contribution in [0.4, 0.5) is 5.95 Å². The van der Waals surface area contributed by atoms with Crippen molar-refractivity contribution in [3.8, 4) is 0 Å². The highest BCUT2D eigenvalue weighted by atomic mass is 16.5. The number of H-pyrrole nitrogens is 1. The number of nitrogens with one attached hydrogen (secondary N) is 2. The van der Waals surface area contributed by atoms with Crippen LogP contribution in [-0.4, -0.2) is 27.7 Å². The lowest BCUT2D eigenvalue weighted by atomic mass is 9.98. The van der Waals surface area contributed by atoms with E-state index >= 15 is 0 Å². The highest BCUT2D eigenvalue weighted by Gasteiger charge is 2.27. The minimum atomic E-state index is -0.508. The third-order valence-corrected chi connectivity index (χ3v) is 5.25. The van der Waals surface area contributed by atoms with E-state index in [0.29, 0.717) is 32.0 Å². The fourth-order valence-corrected chi connectivity index (χ4v) is 3.71. The van der Waals surface area contributed by atoms with Gasteiger partial charge in [-0.3, -0.25) is 4.98 Å². The number of nitrogens with zero attached hydrogens (tertiary/aromatic N) is 2. The van der Waals surface area contributed by atoms with E-state index in [1.807, 2.05) is 13.0 Å². The van der Waals surface area contributed by atoms with Crippen LogP contribution in [0.1, 0.15) is 61.7 Å². The molecule has 138 valence electrons. The third-order valence-electron chi connectivity index (χ3n) is 5.25. The largest absolute Gasteiger partial charge is 0.381 e. The van der Waals surface area contributed by atoms with Gasteiger partial charge >= 0.3 is 11.4 Å². The number of hydrogen-bond acceptors (Lipinski definition) is 5. The summed E-state index contributed by atoms with van der Waals surface area (Å²) in [5.74, 6) is 0.852. The van der Waals surface area contributed by atoms with E-state index in [0.717, 1.165) is 0 Å². The molecule has 1 atom stereocenters. The van der Waals surface area contributed by atoms with Crippen molar-refractivity contribution >= 4 is 5.95 Å². The zero-order chi connectivity index (χ0) is 18.1. The van der Waals surface area contributed by atoms with Gasteiger partial charge in [0.25, 0.3) is 0 Å². The molecule has 1 aromatic heterocycles. The van der Waals surface area contributed by atoms with Gasteiger partial charge in [-0.25, -0.2) is 14.2 Å². The van der Waals surface area contributed by atoms with Crippen molar-refractivity contribution in [2.45, 2.75) is 50.6 Å². The molecule has 1 aliphatic heterocycles. The van der Waals surface area contributed by atoms with Gasteiger partial charge in [0, 0.05) is 19.3 Å². The third kappa shape index (κ3) is 3.44. The van der Waals surface area contributed by atoms with E-state index in [1.54, 1.807) is 0 Å². The van der Waals surface area contributed by atoms with Crippen molar-refractivity contribution in [3.63, 3.8) is 0 Å². The Morgan fingerprint density at radius 1 is 1.19 bits per heavy atom. The Bertz CT molecular complexity index is 863. The highest BCUT2D eigenvalue weighted by Crippen LogP contribution is 2.43. The SMILES string of the molecule is CC(Nc1nc(=O)n(C2CCOCC2)c(=O)[nH]1)c1ccccc1C1CC1. The number of hydrogen-bond donors (Lipinski definition) is 2. The first kappa shape index (κ1) is 17.0. The first-order chi connectivity index (χ1) is 12.6. The monoisotopic (exact) mass is 356 g/mol. The van der Waals surface area contributed by atoms with Crippen molar-refractivity contribution in [2.75, 3.05) is 18.5 Å². The second-order valence-corrected chi connectivity index (χ2v) is 7.16. The summed E-state index contributed by atoms with van der Waals surface area (Å²) in [7, 11) is 0. The first-order valence-corrected chi connectivity index (χ1v) is 9.29. The van der Waals surface area contributed by atoms with Crippen LogP contribution >= 0.6 is 0 Å². The Morgan fingerprint density at radius 3 is 2.62 bits per heavy atom. The average molecular weight is 356 g/mol. The molecular weight excluding hydrogens is 332 g/mol. The molecule has 2 aliphatic rings. The molecular formula is C19H24N4O3. The maximum atomic E-state index is 12.4. The number of aromatic amines is 1. The van der Waals surface area contributed by atoms with Crippen LogP contribution in [0, 0.1) is 0 Å². The summed E-state index contributed by atoms with van der Waals surface area (Å²) >= 11 is 0. The fourth-order valence-electron chi connectivity index (χ4n) is 3.71. The molecule has 0 radical (unpaired) electrons. The molecule has 1 saturated heterocycles. The van der Waals surface area contributed by atoms with Gasteiger partial charge in [-0.2, -0.15) is 4.98 Å². The molecule has 1 aromatic carbocycles. The smallest absolute Gasteiger partial charge is 0.355 e. The van der Waals surface area contributed by atoms with Crippen LogP contribution in [-0.2, 0) is 4.74 Å². The first-order valence-electron chi connectivity index (χ1n) is 9.29. The van der Waals surface area contributed by atoms with Crippen LogP contribution in [0.25, 0.3) is 0 Å². The van der Waals surface area contributed by atoms with Gasteiger partial charge in [0.05, 0.1) is 6.04 Å². The number of rotatable bonds is 5. The number of benzene rings is 1. The summed E-state index contributed by atoms with van der Waals surface area (Å²) in [6.45, 7) is 3.14. The van der Waals surface area contributed by atoms with Gasteiger partial charge in [-0.15, -0.1) is 0 Å². The predicted octanol–water partition coefficient (Wildman–Crippen LogP) is 2.33. The zero-order valence-corrected chi connectivity index (χ0v) is 14.9. The molecule has 7 nitrogen and oxygen atoms in total. The minimum Gasteiger partial charge on any atom is -0.381 e. The maximum absolute atomic E-state index is 12.4. The molecule has 1 unspecified atom stereocenters. The number of aromatic nitrogens is 3. The molecule has 0 bridgehead atoms. The number of anilines is 1. The van der Waals surface area contributed by atoms with E-state index in [-0.39, 0.29) is 18.0 Å². The Labute approximate surface area is 151 Å². The van der Waals surface area contributed by atoms with E-state index in [9.17, 15) is 9.59 Å². The molecule has 0 amide bonds. The Morgan fingerprint density at radius 2 is 1.92 bits per heavy atom. The highest BCUT2D eigenvalue weighted by molar-refractivity contribution is 5.39. The minimum absolute atomic E-state index is 0.0479. The van der Waals surface area contributed by atoms with E-state index < -0.39 is 11.4 Å². The second-order valence-electron chi connectivity index (χ2n) is 7.16. The van der Waals surface area contributed by atoms with Crippen LogP contribution < -0.4 is 16.7 Å². The van der Waals surface area contributed by atoms with Crippen LogP contribution in [0.3, 0.4) is 0 Å². The fraction of sp³-hybridized carbons (Fsp3) is 0.526. The molecule has 0 spiro atoms. The predicted molar refractivity (Wildman–Crippen MR) is 98.7 cm³/mol. The topological polar surface area (TPSA) is 89.0 Å². The molecule has 2 fully saturated rings. The lowest BCUT2D eigenvalue weighted by Gasteiger charge is -2.23. The van der Waals surface area contributed by atoms with Gasteiger partial charge < -0.3 is 10.1 Å². The van der Waals surface area contributed by atoms with Crippen LogP contribution in [0.5, 0.6) is 0 Å². The van der Waals surface area contributed by atoms with Crippen LogP contribution in [0.2, 0.25) is 0 Å². The molecule has 2 aromatic rings. The summed E-state index contributed by atoms with van der Waals surface area (Å²) in [5.41, 5.74) is 1.60. The molecule has 1 saturated carbocycles. The molecule has 1 aliphatic carbocycles. The van der Waals surface area contributed by atoms with Gasteiger partial charge in [0.15, 0.2) is 0 Å². The van der Waals surface area contributed by atoms with Crippen molar-refractivity contribution in [2.24, 2.45) is 0 Å². The van der Waals surface area contributed by atoms with Gasteiger partial charge in [0.1, 0.15) is 0 Å². The normalized spacial score (nSPS) is 19.3. The molecule has 2 N–H and O–H groups in total. The maximum Gasteiger partial charge on any atom is 0.355 e. The average Bonchev–Trinajstić information content (AvgIpc) is 3.47. The lowest BCUT2D eigenvalue weighted by Crippen LogP contribution is -2.42. The Kier molecular flexibility index (Phi) is 4.63. The summed E-state index contributed by atoms with van der Waals surface area (Å²) < 4.78 is 6.52. The standard InChI is InChI=1S/C19H24N4O3/c1-12(15-4-2-3-5-16(15)13-6-7-13)20-17-21-18(24)23(19(25)22-17)14-8-10-26-11-9-14/h2-5,12-14H,6-11H2,1H3,(H2,20,21,22,24,25). The quantitative estimate of drug-likeness (QED) is 0.858. The second kappa shape index (κ2) is 7.07. The molecule has 2 heterocycles. The van der Waals surface area contributed by atoms with Crippen molar-refractivity contribution in [1.29, 1.82) is 0 Å². The van der Waals surface area contributed by atoms with E-state index in [2.05, 4.69) is 33.5 Å². The summed E-state index contributed by atoms with van der Waals surface area (Å²) in [4.78, 5) is 31.7.